The molecular weight excluding hydrogens is 300 g/mol. The van der Waals surface area contributed by atoms with Gasteiger partial charge >= 0.3 is 0 Å². The molecule has 2 aliphatic rings. The number of fused-ring (bicyclic) bond motifs is 1. The molecule has 0 heterocycles. The van der Waals surface area contributed by atoms with E-state index in [0.29, 0.717) is 5.78 Å². The summed E-state index contributed by atoms with van der Waals surface area (Å²) in [5, 5.41) is 0. The van der Waals surface area contributed by atoms with Gasteiger partial charge in [0, 0.05) is 16.0 Å². The maximum atomic E-state index is 12.6. The number of hydrogen-bond donors (Lipinski definition) is 0. The monoisotopic (exact) mass is 320 g/mol. The summed E-state index contributed by atoms with van der Waals surface area (Å²) in [6.07, 6.45) is 9.07. The fraction of sp³-hybridized carbons (Fsp3) is 0.588. The third-order valence-corrected chi connectivity index (χ3v) is 5.57. The molecule has 2 heteroatoms. The number of rotatable bonds is 2. The summed E-state index contributed by atoms with van der Waals surface area (Å²) in [5.41, 5.74) is 0.891. The fourth-order valence-electron chi connectivity index (χ4n) is 3.96. The van der Waals surface area contributed by atoms with Gasteiger partial charge in [0.05, 0.1) is 0 Å². The van der Waals surface area contributed by atoms with Gasteiger partial charge in [0.25, 0.3) is 0 Å². The smallest absolute Gasteiger partial charge is 0.165 e. The van der Waals surface area contributed by atoms with E-state index in [1.54, 1.807) is 0 Å². The minimum absolute atomic E-state index is 0.278. The summed E-state index contributed by atoms with van der Waals surface area (Å²) in [4.78, 5) is 12.6. The minimum Gasteiger partial charge on any atom is -0.294 e. The van der Waals surface area contributed by atoms with E-state index < -0.39 is 0 Å². The molecule has 3 rings (SSSR count). The van der Waals surface area contributed by atoms with Crippen LogP contribution in [-0.2, 0) is 0 Å². The summed E-state index contributed by atoms with van der Waals surface area (Å²) in [6.45, 7) is 0. The van der Waals surface area contributed by atoms with Crippen LogP contribution < -0.4 is 0 Å². The predicted octanol–water partition coefficient (Wildman–Crippen LogP) is 5.24. The third-order valence-electron chi connectivity index (χ3n) is 5.04. The Balaban J connectivity index is 1.69. The number of benzene rings is 1. The number of ketones is 1. The Labute approximate surface area is 123 Å². The maximum Gasteiger partial charge on any atom is 0.165 e. The topological polar surface area (TPSA) is 17.1 Å². The Morgan fingerprint density at radius 1 is 0.947 bits per heavy atom. The van der Waals surface area contributed by atoms with Crippen LogP contribution in [0.2, 0.25) is 0 Å². The Morgan fingerprint density at radius 3 is 2.37 bits per heavy atom. The molecule has 1 aromatic rings. The summed E-state index contributed by atoms with van der Waals surface area (Å²) in [7, 11) is 0. The van der Waals surface area contributed by atoms with Gasteiger partial charge in [0.15, 0.2) is 5.78 Å². The number of carbonyl (C=O) groups is 1. The second-order valence-electron chi connectivity index (χ2n) is 6.19. The Morgan fingerprint density at radius 2 is 1.63 bits per heavy atom. The zero-order valence-electron chi connectivity index (χ0n) is 11.3. The van der Waals surface area contributed by atoms with E-state index >= 15 is 0 Å². The first-order valence-electron chi connectivity index (χ1n) is 7.54. The molecule has 0 aliphatic heterocycles. The van der Waals surface area contributed by atoms with E-state index in [1.807, 2.05) is 24.3 Å². The Kier molecular flexibility index (Phi) is 4.07. The molecule has 0 radical (unpaired) electrons. The molecule has 2 aliphatic carbocycles. The van der Waals surface area contributed by atoms with E-state index in [2.05, 4.69) is 15.9 Å². The molecule has 0 N–H and O–H groups in total. The van der Waals surface area contributed by atoms with Gasteiger partial charge < -0.3 is 0 Å². The van der Waals surface area contributed by atoms with Crippen molar-refractivity contribution < 1.29 is 4.79 Å². The van der Waals surface area contributed by atoms with Crippen LogP contribution in [0.15, 0.2) is 28.7 Å². The molecular formula is C17H21BrO. The van der Waals surface area contributed by atoms with Gasteiger partial charge in [0.1, 0.15) is 0 Å². The van der Waals surface area contributed by atoms with Crippen molar-refractivity contribution >= 4 is 21.7 Å². The fourth-order valence-corrected chi connectivity index (χ4v) is 4.23. The molecule has 0 bridgehead atoms. The van der Waals surface area contributed by atoms with Gasteiger partial charge in [0.2, 0.25) is 0 Å². The summed E-state index contributed by atoms with van der Waals surface area (Å²) in [5.74, 6) is 2.40. The first-order chi connectivity index (χ1) is 9.24. The van der Waals surface area contributed by atoms with Crippen molar-refractivity contribution in [2.45, 2.75) is 44.9 Å². The van der Waals surface area contributed by atoms with Crippen molar-refractivity contribution in [1.29, 1.82) is 0 Å². The molecule has 2 saturated carbocycles. The molecule has 19 heavy (non-hydrogen) atoms. The lowest BCUT2D eigenvalue weighted by Gasteiger charge is -2.38. The van der Waals surface area contributed by atoms with E-state index in [4.69, 9.17) is 0 Å². The van der Waals surface area contributed by atoms with Gasteiger partial charge in [-0.05, 0) is 43.2 Å². The lowest BCUT2D eigenvalue weighted by Crippen LogP contribution is -2.31. The average molecular weight is 321 g/mol. The lowest BCUT2D eigenvalue weighted by atomic mass is 9.66. The molecule has 1 aromatic carbocycles. The molecule has 2 fully saturated rings. The van der Waals surface area contributed by atoms with Crippen molar-refractivity contribution in [3.63, 3.8) is 0 Å². The van der Waals surface area contributed by atoms with Gasteiger partial charge in [-0.25, -0.2) is 0 Å². The highest BCUT2D eigenvalue weighted by Crippen LogP contribution is 2.43. The summed E-state index contributed by atoms with van der Waals surface area (Å²) < 4.78 is 1.04. The van der Waals surface area contributed by atoms with Crippen molar-refractivity contribution in [1.82, 2.24) is 0 Å². The lowest BCUT2D eigenvalue weighted by molar-refractivity contribution is 0.0763. The second-order valence-corrected chi connectivity index (χ2v) is 7.10. The van der Waals surface area contributed by atoms with Crippen LogP contribution in [0, 0.1) is 17.8 Å². The van der Waals surface area contributed by atoms with Gasteiger partial charge in [-0.1, -0.05) is 53.7 Å². The zero-order chi connectivity index (χ0) is 13.2. The molecule has 102 valence electrons. The quantitative estimate of drug-likeness (QED) is 0.681. The second kappa shape index (κ2) is 5.78. The first-order valence-corrected chi connectivity index (χ1v) is 8.33. The highest BCUT2D eigenvalue weighted by molar-refractivity contribution is 9.10. The van der Waals surface area contributed by atoms with Crippen molar-refractivity contribution in [2.24, 2.45) is 17.8 Å². The molecule has 3 unspecified atom stereocenters. The summed E-state index contributed by atoms with van der Waals surface area (Å²) in [6, 6.07) is 7.86. The number of Topliss-reactive ketones (excluding diaryl/α,β-unsaturated/α-hetero) is 1. The number of halogens is 1. The highest BCUT2D eigenvalue weighted by atomic mass is 79.9. The predicted molar refractivity (Wildman–Crippen MR) is 81.3 cm³/mol. The molecule has 3 atom stereocenters. The van der Waals surface area contributed by atoms with E-state index in [0.717, 1.165) is 34.7 Å². The third kappa shape index (κ3) is 2.94. The number of hydrogen-bond acceptors (Lipinski definition) is 1. The normalized spacial score (nSPS) is 30.7. The van der Waals surface area contributed by atoms with Crippen molar-refractivity contribution in [3.8, 4) is 0 Å². The Hall–Kier alpha value is -0.630. The molecule has 0 amide bonds. The van der Waals surface area contributed by atoms with Gasteiger partial charge in [-0.15, -0.1) is 0 Å². The molecule has 0 aromatic heterocycles. The largest absolute Gasteiger partial charge is 0.294 e. The van der Waals surface area contributed by atoms with Crippen LogP contribution in [0.4, 0.5) is 0 Å². The van der Waals surface area contributed by atoms with Crippen LogP contribution in [0.3, 0.4) is 0 Å². The average Bonchev–Trinajstić information content (AvgIpc) is 2.47. The van der Waals surface area contributed by atoms with Crippen LogP contribution in [0.25, 0.3) is 0 Å². The molecule has 1 nitrogen and oxygen atoms in total. The SMILES string of the molecule is O=C(c1ccc(Br)cc1)C1CCC2CCCCC2C1. The minimum atomic E-state index is 0.278. The van der Waals surface area contributed by atoms with E-state index in [9.17, 15) is 4.79 Å². The van der Waals surface area contributed by atoms with Gasteiger partial charge in [-0.3, -0.25) is 4.79 Å². The summed E-state index contributed by atoms with van der Waals surface area (Å²) >= 11 is 3.42. The van der Waals surface area contributed by atoms with Crippen LogP contribution in [-0.4, -0.2) is 5.78 Å². The van der Waals surface area contributed by atoms with Crippen LogP contribution >= 0.6 is 15.9 Å². The molecule has 0 saturated heterocycles. The molecule has 0 spiro atoms. The van der Waals surface area contributed by atoms with Crippen molar-refractivity contribution in [3.05, 3.63) is 34.3 Å². The van der Waals surface area contributed by atoms with Crippen molar-refractivity contribution in [2.75, 3.05) is 0 Å². The van der Waals surface area contributed by atoms with Crippen LogP contribution in [0.1, 0.15) is 55.3 Å². The number of carbonyl (C=O) groups excluding carboxylic acids is 1. The van der Waals surface area contributed by atoms with Gasteiger partial charge in [-0.2, -0.15) is 0 Å². The zero-order valence-corrected chi connectivity index (χ0v) is 12.9. The standard InChI is InChI=1S/C17H21BrO/c18-16-9-7-13(8-10-16)17(19)15-6-5-12-3-1-2-4-14(12)11-15/h7-10,12,14-15H,1-6,11H2. The highest BCUT2D eigenvalue weighted by Gasteiger charge is 2.35. The first kappa shape index (κ1) is 13.4. The van der Waals surface area contributed by atoms with E-state index in [1.165, 1.54) is 32.1 Å². The van der Waals surface area contributed by atoms with Crippen LogP contribution in [0.5, 0.6) is 0 Å². The maximum absolute atomic E-state index is 12.6. The van der Waals surface area contributed by atoms with E-state index in [-0.39, 0.29) is 5.92 Å². The Bertz CT molecular complexity index is 451.